The van der Waals surface area contributed by atoms with E-state index in [2.05, 4.69) is 26.9 Å². The van der Waals surface area contributed by atoms with Crippen molar-refractivity contribution in [3.63, 3.8) is 0 Å². The van der Waals surface area contributed by atoms with E-state index in [0.717, 1.165) is 49.2 Å². The van der Waals surface area contributed by atoms with Gasteiger partial charge < -0.3 is 10.5 Å². The molecule has 2 N–H and O–H groups in total. The standard InChI is InChI=1S/C14H21BrN2O/c1-18-13-5-4-11-10-17(8-3-2-7-16)9-6-12(11)14(13)15/h4-5H,2-3,6-10,16H2,1H3. The smallest absolute Gasteiger partial charge is 0.133 e. The highest BCUT2D eigenvalue weighted by molar-refractivity contribution is 9.10. The zero-order valence-corrected chi connectivity index (χ0v) is 12.5. The molecule has 1 heterocycles. The van der Waals surface area contributed by atoms with Gasteiger partial charge in [0.15, 0.2) is 0 Å². The average Bonchev–Trinajstić information content (AvgIpc) is 2.39. The van der Waals surface area contributed by atoms with Crippen molar-refractivity contribution in [1.82, 2.24) is 4.90 Å². The van der Waals surface area contributed by atoms with Crippen molar-refractivity contribution >= 4 is 15.9 Å². The molecule has 0 aromatic heterocycles. The zero-order chi connectivity index (χ0) is 13.0. The van der Waals surface area contributed by atoms with E-state index in [4.69, 9.17) is 10.5 Å². The van der Waals surface area contributed by atoms with E-state index in [9.17, 15) is 0 Å². The quantitative estimate of drug-likeness (QED) is 0.849. The monoisotopic (exact) mass is 312 g/mol. The number of nitrogens with two attached hydrogens (primary N) is 1. The lowest BCUT2D eigenvalue weighted by Crippen LogP contribution is -2.31. The van der Waals surface area contributed by atoms with E-state index in [1.165, 1.54) is 17.5 Å². The molecule has 4 heteroatoms. The van der Waals surface area contributed by atoms with Crippen LogP contribution in [0, 0.1) is 0 Å². The molecule has 0 spiro atoms. The topological polar surface area (TPSA) is 38.5 Å². The van der Waals surface area contributed by atoms with E-state index in [1.54, 1.807) is 7.11 Å². The number of unbranched alkanes of at least 4 members (excludes halogenated alkanes) is 1. The molecule has 0 fully saturated rings. The Bertz CT molecular complexity index is 409. The van der Waals surface area contributed by atoms with E-state index < -0.39 is 0 Å². The van der Waals surface area contributed by atoms with Gasteiger partial charge in [-0.05, 0) is 65.5 Å². The fraction of sp³-hybridized carbons (Fsp3) is 0.571. The average molecular weight is 313 g/mol. The van der Waals surface area contributed by atoms with Crippen LogP contribution in [0.5, 0.6) is 5.75 Å². The van der Waals surface area contributed by atoms with Crippen molar-refractivity contribution in [2.75, 3.05) is 26.7 Å². The SMILES string of the molecule is COc1ccc2c(c1Br)CCN(CCCCN)C2. The Morgan fingerprint density at radius 2 is 2.22 bits per heavy atom. The second-order valence-corrected chi connectivity index (χ2v) is 5.53. The minimum Gasteiger partial charge on any atom is -0.496 e. The summed E-state index contributed by atoms with van der Waals surface area (Å²) >= 11 is 3.65. The maximum absolute atomic E-state index is 5.53. The normalized spacial score (nSPS) is 15.5. The predicted octanol–water partition coefficient (Wildman–Crippen LogP) is 2.55. The van der Waals surface area contributed by atoms with Gasteiger partial charge in [-0.1, -0.05) is 6.07 Å². The van der Waals surface area contributed by atoms with Gasteiger partial charge in [0.2, 0.25) is 0 Å². The van der Waals surface area contributed by atoms with Crippen molar-refractivity contribution in [3.8, 4) is 5.75 Å². The van der Waals surface area contributed by atoms with Crippen molar-refractivity contribution in [1.29, 1.82) is 0 Å². The third-order valence-electron chi connectivity index (χ3n) is 3.53. The van der Waals surface area contributed by atoms with Crippen LogP contribution in [0.3, 0.4) is 0 Å². The molecule has 0 bridgehead atoms. The number of benzene rings is 1. The minimum atomic E-state index is 0.799. The van der Waals surface area contributed by atoms with Gasteiger partial charge in [-0.3, -0.25) is 4.90 Å². The molecule has 2 rings (SSSR count). The molecule has 0 aliphatic carbocycles. The number of fused-ring (bicyclic) bond motifs is 1. The maximum Gasteiger partial charge on any atom is 0.133 e. The maximum atomic E-state index is 5.53. The Labute approximate surface area is 117 Å². The first-order chi connectivity index (χ1) is 8.76. The van der Waals surface area contributed by atoms with Crippen molar-refractivity contribution in [2.45, 2.75) is 25.8 Å². The Hall–Kier alpha value is -0.580. The van der Waals surface area contributed by atoms with Gasteiger partial charge in [-0.2, -0.15) is 0 Å². The summed E-state index contributed by atoms with van der Waals surface area (Å²) in [5.41, 5.74) is 8.36. The lowest BCUT2D eigenvalue weighted by Gasteiger charge is -2.29. The van der Waals surface area contributed by atoms with Crippen LogP contribution in [0.25, 0.3) is 0 Å². The van der Waals surface area contributed by atoms with Gasteiger partial charge in [0, 0.05) is 13.1 Å². The van der Waals surface area contributed by atoms with Crippen molar-refractivity contribution < 1.29 is 4.74 Å². The highest BCUT2D eigenvalue weighted by Crippen LogP contribution is 2.34. The summed E-state index contributed by atoms with van der Waals surface area (Å²) < 4.78 is 6.47. The number of hydrogen-bond acceptors (Lipinski definition) is 3. The molecular formula is C14H21BrN2O. The second-order valence-electron chi connectivity index (χ2n) is 4.74. The first kappa shape index (κ1) is 13.8. The third-order valence-corrected chi connectivity index (χ3v) is 4.39. The lowest BCUT2D eigenvalue weighted by molar-refractivity contribution is 0.249. The summed E-state index contributed by atoms with van der Waals surface area (Å²) in [7, 11) is 1.72. The van der Waals surface area contributed by atoms with Crippen LogP contribution < -0.4 is 10.5 Å². The summed E-state index contributed by atoms with van der Waals surface area (Å²) in [6.07, 6.45) is 3.41. The summed E-state index contributed by atoms with van der Waals surface area (Å²) in [6, 6.07) is 4.24. The molecule has 0 saturated heterocycles. The summed E-state index contributed by atoms with van der Waals surface area (Å²) in [5.74, 6) is 0.935. The Balaban J connectivity index is 2.04. The van der Waals surface area contributed by atoms with Gasteiger partial charge in [0.25, 0.3) is 0 Å². The van der Waals surface area contributed by atoms with Gasteiger partial charge in [0.1, 0.15) is 5.75 Å². The molecule has 0 unspecified atom stereocenters. The van der Waals surface area contributed by atoms with Crippen LogP contribution in [0.2, 0.25) is 0 Å². The number of halogens is 1. The van der Waals surface area contributed by atoms with Crippen LogP contribution in [-0.4, -0.2) is 31.6 Å². The molecule has 0 saturated carbocycles. The molecule has 100 valence electrons. The highest BCUT2D eigenvalue weighted by Gasteiger charge is 2.19. The Morgan fingerprint density at radius 1 is 1.39 bits per heavy atom. The van der Waals surface area contributed by atoms with E-state index in [-0.39, 0.29) is 0 Å². The van der Waals surface area contributed by atoms with Gasteiger partial charge >= 0.3 is 0 Å². The number of methoxy groups -OCH3 is 1. The van der Waals surface area contributed by atoms with Crippen LogP contribution in [0.15, 0.2) is 16.6 Å². The summed E-state index contributed by atoms with van der Waals surface area (Å²) in [5, 5.41) is 0. The van der Waals surface area contributed by atoms with Crippen molar-refractivity contribution in [3.05, 3.63) is 27.7 Å². The molecule has 3 nitrogen and oxygen atoms in total. The minimum absolute atomic E-state index is 0.799. The Morgan fingerprint density at radius 3 is 2.94 bits per heavy atom. The molecule has 0 amide bonds. The first-order valence-electron chi connectivity index (χ1n) is 6.53. The van der Waals surface area contributed by atoms with E-state index >= 15 is 0 Å². The molecule has 1 aromatic carbocycles. The summed E-state index contributed by atoms with van der Waals surface area (Å²) in [6.45, 7) is 4.12. The van der Waals surface area contributed by atoms with Crippen LogP contribution in [0.1, 0.15) is 24.0 Å². The molecule has 1 aromatic rings. The predicted molar refractivity (Wildman–Crippen MR) is 78.0 cm³/mol. The lowest BCUT2D eigenvalue weighted by atomic mass is 9.99. The molecule has 18 heavy (non-hydrogen) atoms. The van der Waals surface area contributed by atoms with Crippen LogP contribution in [-0.2, 0) is 13.0 Å². The third kappa shape index (κ3) is 3.05. The molecule has 0 radical (unpaired) electrons. The fourth-order valence-corrected chi connectivity index (χ4v) is 3.22. The fourth-order valence-electron chi connectivity index (χ4n) is 2.48. The number of ether oxygens (including phenoxy) is 1. The summed E-state index contributed by atoms with van der Waals surface area (Å²) in [4.78, 5) is 2.51. The number of nitrogens with zero attached hydrogens (tertiary/aromatic N) is 1. The zero-order valence-electron chi connectivity index (χ0n) is 10.9. The molecule has 0 atom stereocenters. The molecule has 1 aliphatic heterocycles. The molecular weight excluding hydrogens is 292 g/mol. The van der Waals surface area contributed by atoms with Gasteiger partial charge in [-0.25, -0.2) is 0 Å². The Kier molecular flexibility index (Phi) is 5.03. The van der Waals surface area contributed by atoms with Gasteiger partial charge in [-0.15, -0.1) is 0 Å². The largest absolute Gasteiger partial charge is 0.496 e. The number of rotatable bonds is 5. The first-order valence-corrected chi connectivity index (χ1v) is 7.32. The highest BCUT2D eigenvalue weighted by atomic mass is 79.9. The molecule has 1 aliphatic rings. The second kappa shape index (κ2) is 6.55. The van der Waals surface area contributed by atoms with Gasteiger partial charge in [0.05, 0.1) is 11.6 Å². The van der Waals surface area contributed by atoms with Crippen LogP contribution >= 0.6 is 15.9 Å². The van der Waals surface area contributed by atoms with Crippen LogP contribution in [0.4, 0.5) is 0 Å². The van der Waals surface area contributed by atoms with E-state index in [0.29, 0.717) is 0 Å². The van der Waals surface area contributed by atoms with E-state index in [1.807, 2.05) is 6.07 Å². The van der Waals surface area contributed by atoms with Crippen molar-refractivity contribution in [2.24, 2.45) is 5.73 Å². The number of hydrogen-bond donors (Lipinski definition) is 1.